The van der Waals surface area contributed by atoms with E-state index < -0.39 is 0 Å². The van der Waals surface area contributed by atoms with E-state index in [0.29, 0.717) is 46.8 Å². The van der Waals surface area contributed by atoms with Gasteiger partial charge in [-0.3, -0.25) is 9.69 Å². The van der Waals surface area contributed by atoms with Crippen molar-refractivity contribution in [3.05, 3.63) is 75.7 Å². The highest BCUT2D eigenvalue weighted by molar-refractivity contribution is 6.39. The quantitative estimate of drug-likeness (QED) is 0.487. The number of aryl methyl sites for hydroxylation is 1. The molecule has 5 rings (SSSR count). The van der Waals surface area contributed by atoms with Crippen LogP contribution in [0.3, 0.4) is 0 Å². The smallest absolute Gasteiger partial charge is 0.229 e. The molecule has 0 aliphatic carbocycles. The summed E-state index contributed by atoms with van der Waals surface area (Å²) in [6.45, 7) is 7.08. The Labute approximate surface area is 226 Å². The fourth-order valence-electron chi connectivity index (χ4n) is 4.95. The van der Waals surface area contributed by atoms with Gasteiger partial charge in [0.1, 0.15) is 17.3 Å². The third-order valence-electron chi connectivity index (χ3n) is 7.05. The monoisotopic (exact) mass is 540 g/mol. The number of rotatable bonds is 6. The Morgan fingerprint density at radius 2 is 1.86 bits per heavy atom. The van der Waals surface area contributed by atoms with Crippen LogP contribution in [0.2, 0.25) is 10.0 Å². The number of carbonyl (C=O) groups is 1. The molecule has 10 heteroatoms. The molecule has 0 saturated carbocycles. The summed E-state index contributed by atoms with van der Waals surface area (Å²) in [5.74, 6) is 1.39. The molecule has 0 bridgehead atoms. The van der Waals surface area contributed by atoms with Crippen LogP contribution in [-0.4, -0.2) is 63.5 Å². The molecule has 1 saturated heterocycles. The van der Waals surface area contributed by atoms with Crippen molar-refractivity contribution in [2.24, 2.45) is 5.92 Å². The van der Waals surface area contributed by atoms with E-state index in [2.05, 4.69) is 19.9 Å². The number of piperazine rings is 1. The van der Waals surface area contributed by atoms with Crippen LogP contribution in [-0.2, 0) is 17.9 Å². The number of halogens is 2. The maximum absolute atomic E-state index is 13.2. The van der Waals surface area contributed by atoms with Crippen LogP contribution in [0.15, 0.2) is 53.3 Å². The summed E-state index contributed by atoms with van der Waals surface area (Å²) in [6, 6.07) is 9.27. The Morgan fingerprint density at radius 1 is 1.11 bits per heavy atom. The number of carbonyl (C=O) groups excluding carboxylic acids is 1. The molecule has 0 radical (unpaired) electrons. The highest BCUT2D eigenvalue weighted by Gasteiger charge is 2.29. The van der Waals surface area contributed by atoms with Gasteiger partial charge in [-0.05, 0) is 49.4 Å². The minimum atomic E-state index is -0.0837. The van der Waals surface area contributed by atoms with E-state index in [1.165, 1.54) is 0 Å². The van der Waals surface area contributed by atoms with Gasteiger partial charge in [-0.1, -0.05) is 40.5 Å². The highest BCUT2D eigenvalue weighted by atomic mass is 35.5. The first-order valence-corrected chi connectivity index (χ1v) is 13.2. The number of pyridine rings is 1. The summed E-state index contributed by atoms with van der Waals surface area (Å²) >= 11 is 12.9. The molecule has 1 unspecified atom stereocenters. The Hall–Kier alpha value is -3.07. The predicted molar refractivity (Wildman–Crippen MR) is 145 cm³/mol. The lowest BCUT2D eigenvalue weighted by Gasteiger charge is -2.37. The predicted octanol–water partition coefficient (Wildman–Crippen LogP) is 4.61. The van der Waals surface area contributed by atoms with E-state index in [-0.39, 0.29) is 11.8 Å². The maximum Gasteiger partial charge on any atom is 0.229 e. The summed E-state index contributed by atoms with van der Waals surface area (Å²) in [6.07, 6.45) is 6.59. The number of nitrogens with two attached hydrogens (primary N) is 1. The van der Waals surface area contributed by atoms with Gasteiger partial charge in [-0.2, -0.15) is 0 Å². The van der Waals surface area contributed by atoms with Gasteiger partial charge < -0.3 is 20.1 Å². The van der Waals surface area contributed by atoms with Gasteiger partial charge in [0.05, 0.1) is 16.0 Å². The molecule has 2 aliphatic rings. The van der Waals surface area contributed by atoms with Crippen molar-refractivity contribution >= 4 is 34.9 Å². The van der Waals surface area contributed by atoms with Crippen LogP contribution in [0.25, 0.3) is 11.3 Å². The van der Waals surface area contributed by atoms with E-state index in [1.54, 1.807) is 18.3 Å². The fraction of sp³-hybridized carbons (Fsp3) is 0.370. The third-order valence-corrected chi connectivity index (χ3v) is 7.68. The molecule has 37 heavy (non-hydrogen) atoms. The van der Waals surface area contributed by atoms with Crippen molar-refractivity contribution in [3.8, 4) is 11.3 Å². The Kier molecular flexibility index (Phi) is 7.69. The largest absolute Gasteiger partial charge is 0.384 e. The molecule has 1 fully saturated rings. The Bertz CT molecular complexity index is 1280. The summed E-state index contributed by atoms with van der Waals surface area (Å²) in [4.78, 5) is 23.8. The van der Waals surface area contributed by atoms with E-state index in [0.717, 1.165) is 49.5 Å². The Balaban J connectivity index is 1.16. The summed E-state index contributed by atoms with van der Waals surface area (Å²) in [5.41, 5.74) is 9.24. The SMILES string of the molecule is Cc1onc(-c2c(Cl)cccc2Cl)c1CN1CCN(C(=O)C2C=CN(Cc3ccnc(N)c3)CC2)CC1. The minimum Gasteiger partial charge on any atom is -0.384 e. The van der Waals surface area contributed by atoms with Gasteiger partial charge in [0.15, 0.2) is 0 Å². The van der Waals surface area contributed by atoms with Gasteiger partial charge in [-0.15, -0.1) is 0 Å². The Morgan fingerprint density at radius 3 is 2.54 bits per heavy atom. The zero-order valence-electron chi connectivity index (χ0n) is 20.7. The minimum absolute atomic E-state index is 0.0837. The van der Waals surface area contributed by atoms with E-state index in [9.17, 15) is 4.79 Å². The van der Waals surface area contributed by atoms with Crippen LogP contribution in [0.4, 0.5) is 5.82 Å². The second-order valence-electron chi connectivity index (χ2n) is 9.56. The number of hydrogen-bond donors (Lipinski definition) is 1. The molecule has 8 nitrogen and oxygen atoms in total. The first kappa shape index (κ1) is 25.6. The number of anilines is 1. The molecule has 2 N–H and O–H groups in total. The van der Waals surface area contributed by atoms with Gasteiger partial charge in [0.25, 0.3) is 0 Å². The number of nitrogens with zero attached hydrogens (tertiary/aromatic N) is 5. The van der Waals surface area contributed by atoms with Crippen LogP contribution in [0.5, 0.6) is 0 Å². The number of aromatic nitrogens is 2. The highest BCUT2D eigenvalue weighted by Crippen LogP contribution is 2.37. The molecule has 0 spiro atoms. The number of hydrogen-bond acceptors (Lipinski definition) is 7. The summed E-state index contributed by atoms with van der Waals surface area (Å²) < 4.78 is 5.51. The lowest BCUT2D eigenvalue weighted by molar-refractivity contribution is -0.136. The van der Waals surface area contributed by atoms with Gasteiger partial charge >= 0.3 is 0 Å². The van der Waals surface area contributed by atoms with Crippen molar-refractivity contribution < 1.29 is 9.32 Å². The standard InChI is InChI=1S/C27H30Cl2N6O2/c1-18-21(26(32-37-18)25-22(28)3-2-4-23(25)29)17-34-11-13-35(14-12-34)27(36)20-6-9-33(10-7-20)16-19-5-8-31-24(30)15-19/h2-6,8-9,15,20H,7,10-14,16-17H2,1H3,(H2,30,31). The molecular weight excluding hydrogens is 511 g/mol. The normalized spacial score (nSPS) is 18.4. The fourth-order valence-corrected chi connectivity index (χ4v) is 5.52. The van der Waals surface area contributed by atoms with E-state index in [1.807, 2.05) is 42.3 Å². The second-order valence-corrected chi connectivity index (χ2v) is 10.4. The van der Waals surface area contributed by atoms with Crippen molar-refractivity contribution in [1.29, 1.82) is 0 Å². The lowest BCUT2D eigenvalue weighted by Crippen LogP contribution is -2.50. The molecule has 1 aromatic carbocycles. The summed E-state index contributed by atoms with van der Waals surface area (Å²) in [5, 5.41) is 5.34. The zero-order valence-corrected chi connectivity index (χ0v) is 22.3. The first-order chi connectivity index (χ1) is 17.9. The van der Waals surface area contributed by atoms with Crippen LogP contribution in [0.1, 0.15) is 23.3 Å². The molecule has 1 amide bonds. The van der Waals surface area contributed by atoms with E-state index >= 15 is 0 Å². The molecule has 1 atom stereocenters. The van der Waals surface area contributed by atoms with Crippen LogP contribution < -0.4 is 5.73 Å². The van der Waals surface area contributed by atoms with Crippen molar-refractivity contribution in [1.82, 2.24) is 24.8 Å². The number of benzene rings is 1. The van der Waals surface area contributed by atoms with Gasteiger partial charge in [0, 0.05) is 63.1 Å². The van der Waals surface area contributed by atoms with Crippen molar-refractivity contribution in [2.45, 2.75) is 26.4 Å². The average molecular weight is 541 g/mol. The second kappa shape index (κ2) is 11.1. The molecule has 2 aromatic heterocycles. The zero-order chi connectivity index (χ0) is 25.9. The van der Waals surface area contributed by atoms with Gasteiger partial charge in [-0.25, -0.2) is 4.98 Å². The summed E-state index contributed by atoms with van der Waals surface area (Å²) in [7, 11) is 0. The topological polar surface area (TPSA) is 91.7 Å². The number of amides is 1. The van der Waals surface area contributed by atoms with E-state index in [4.69, 9.17) is 33.5 Å². The molecular formula is C27H30Cl2N6O2. The molecule has 4 heterocycles. The molecule has 2 aliphatic heterocycles. The van der Waals surface area contributed by atoms with Crippen LogP contribution >= 0.6 is 23.2 Å². The molecule has 194 valence electrons. The van der Waals surface area contributed by atoms with Crippen LogP contribution in [0, 0.1) is 12.8 Å². The van der Waals surface area contributed by atoms with Crippen molar-refractivity contribution in [2.75, 3.05) is 38.5 Å². The average Bonchev–Trinajstić information content (AvgIpc) is 3.24. The first-order valence-electron chi connectivity index (χ1n) is 12.4. The third kappa shape index (κ3) is 5.76. The lowest BCUT2D eigenvalue weighted by atomic mass is 9.99. The van der Waals surface area contributed by atoms with Crippen molar-refractivity contribution in [3.63, 3.8) is 0 Å². The van der Waals surface area contributed by atoms with Gasteiger partial charge in [0.2, 0.25) is 5.91 Å². The molecule has 3 aromatic rings. The number of nitrogen functional groups attached to an aromatic ring is 1. The maximum atomic E-state index is 13.2.